The molecule has 106 valence electrons. The van der Waals surface area contributed by atoms with Gasteiger partial charge in [0.25, 0.3) is 0 Å². The molecule has 3 heteroatoms. The van der Waals surface area contributed by atoms with Crippen molar-refractivity contribution in [2.75, 3.05) is 0 Å². The van der Waals surface area contributed by atoms with Crippen LogP contribution < -0.4 is 0 Å². The fraction of sp³-hybridized carbons (Fsp3) is 0.167. The normalized spacial score (nSPS) is 10.8. The van der Waals surface area contributed by atoms with Crippen LogP contribution >= 0.6 is 0 Å². The average molecular weight is 278 g/mol. The molecule has 1 heterocycles. The Labute approximate surface area is 124 Å². The van der Waals surface area contributed by atoms with Crippen molar-refractivity contribution in [3.05, 3.63) is 59.7 Å². The zero-order valence-electron chi connectivity index (χ0n) is 12.5. The smallest absolute Gasteiger partial charge is 0.169 e. The number of rotatable bonds is 2. The molecule has 3 nitrogen and oxygen atoms in total. The number of aryl methyl sites for hydroxylation is 3. The van der Waals surface area contributed by atoms with Gasteiger partial charge in [-0.15, -0.1) is 0 Å². The van der Waals surface area contributed by atoms with Crippen molar-refractivity contribution in [1.82, 2.24) is 9.78 Å². The predicted molar refractivity (Wildman–Crippen MR) is 85.2 cm³/mol. The molecule has 0 saturated heterocycles. The van der Waals surface area contributed by atoms with E-state index in [2.05, 4.69) is 11.2 Å². The maximum Gasteiger partial charge on any atom is 0.169 e. The van der Waals surface area contributed by atoms with Gasteiger partial charge < -0.3 is 5.11 Å². The first-order chi connectivity index (χ1) is 10.1. The highest BCUT2D eigenvalue weighted by Crippen LogP contribution is 2.37. The van der Waals surface area contributed by atoms with Crippen LogP contribution in [0, 0.1) is 13.8 Å². The van der Waals surface area contributed by atoms with E-state index in [1.807, 2.05) is 63.4 Å². The predicted octanol–water partition coefficient (Wildman–Crippen LogP) is 4.08. The minimum atomic E-state index is 0.230. The molecule has 0 spiro atoms. The van der Waals surface area contributed by atoms with E-state index < -0.39 is 0 Å². The maximum atomic E-state index is 10.6. The molecule has 0 bridgehead atoms. The molecule has 0 aliphatic heterocycles. The van der Waals surface area contributed by atoms with Gasteiger partial charge in [0.05, 0.1) is 0 Å². The molecular weight excluding hydrogens is 260 g/mol. The third kappa shape index (κ3) is 2.42. The van der Waals surface area contributed by atoms with Crippen molar-refractivity contribution < 1.29 is 5.11 Å². The number of hydrogen-bond acceptors (Lipinski definition) is 2. The van der Waals surface area contributed by atoms with Crippen molar-refractivity contribution in [3.8, 4) is 28.3 Å². The van der Waals surface area contributed by atoms with E-state index in [1.54, 1.807) is 4.68 Å². The minimum Gasteiger partial charge on any atom is -0.504 e. The summed E-state index contributed by atoms with van der Waals surface area (Å²) in [6.07, 6.45) is 0. The van der Waals surface area contributed by atoms with Crippen LogP contribution in [-0.2, 0) is 7.05 Å². The summed E-state index contributed by atoms with van der Waals surface area (Å²) in [6.45, 7) is 4.07. The summed E-state index contributed by atoms with van der Waals surface area (Å²) in [6, 6.07) is 16.1. The Morgan fingerprint density at radius 3 is 2.10 bits per heavy atom. The second kappa shape index (κ2) is 5.09. The van der Waals surface area contributed by atoms with E-state index in [0.29, 0.717) is 5.69 Å². The van der Waals surface area contributed by atoms with Gasteiger partial charge >= 0.3 is 0 Å². The summed E-state index contributed by atoms with van der Waals surface area (Å²) in [5.74, 6) is 0.230. The van der Waals surface area contributed by atoms with Gasteiger partial charge in [0, 0.05) is 18.2 Å². The number of nitrogens with zero attached hydrogens (tertiary/aromatic N) is 2. The van der Waals surface area contributed by atoms with Crippen molar-refractivity contribution in [2.45, 2.75) is 13.8 Å². The van der Waals surface area contributed by atoms with E-state index in [0.717, 1.165) is 27.9 Å². The molecule has 1 aromatic heterocycles. The highest BCUT2D eigenvalue weighted by atomic mass is 16.3. The first kappa shape index (κ1) is 13.4. The summed E-state index contributed by atoms with van der Waals surface area (Å²) >= 11 is 0. The highest BCUT2D eigenvalue weighted by Gasteiger charge is 2.18. The van der Waals surface area contributed by atoms with Crippen LogP contribution in [0.1, 0.15) is 11.1 Å². The lowest BCUT2D eigenvalue weighted by Crippen LogP contribution is -1.94. The Bertz CT molecular complexity index is 803. The van der Waals surface area contributed by atoms with Crippen molar-refractivity contribution in [3.63, 3.8) is 0 Å². The first-order valence-corrected chi connectivity index (χ1v) is 6.96. The molecule has 0 radical (unpaired) electrons. The van der Waals surface area contributed by atoms with Crippen LogP contribution in [0.5, 0.6) is 5.75 Å². The zero-order chi connectivity index (χ0) is 15.0. The van der Waals surface area contributed by atoms with E-state index in [1.165, 1.54) is 0 Å². The van der Waals surface area contributed by atoms with E-state index in [9.17, 15) is 5.11 Å². The quantitative estimate of drug-likeness (QED) is 0.767. The molecule has 0 atom stereocenters. The second-order valence-corrected chi connectivity index (χ2v) is 5.41. The lowest BCUT2D eigenvalue weighted by Gasteiger charge is -2.04. The Kier molecular flexibility index (Phi) is 3.26. The van der Waals surface area contributed by atoms with Gasteiger partial charge in [-0.3, -0.25) is 4.68 Å². The molecule has 3 aromatic rings. The lowest BCUT2D eigenvalue weighted by molar-refractivity contribution is 0.478. The van der Waals surface area contributed by atoms with Crippen LogP contribution in [0.4, 0.5) is 0 Å². The molecule has 0 saturated carbocycles. The second-order valence-electron chi connectivity index (χ2n) is 5.41. The van der Waals surface area contributed by atoms with Crippen LogP contribution in [0.15, 0.2) is 48.5 Å². The zero-order valence-corrected chi connectivity index (χ0v) is 12.5. The first-order valence-electron chi connectivity index (χ1n) is 6.96. The summed E-state index contributed by atoms with van der Waals surface area (Å²) in [4.78, 5) is 0. The van der Waals surface area contributed by atoms with Gasteiger partial charge in [-0.2, -0.15) is 5.10 Å². The SMILES string of the molecule is Cc1cccc(-c2nn(C)c(-c3cccc(C)c3)c2O)c1. The Hall–Kier alpha value is -2.55. The lowest BCUT2D eigenvalue weighted by atomic mass is 10.0. The van der Waals surface area contributed by atoms with Gasteiger partial charge in [-0.25, -0.2) is 0 Å². The summed E-state index contributed by atoms with van der Waals surface area (Å²) < 4.78 is 1.74. The summed E-state index contributed by atoms with van der Waals surface area (Å²) in [5, 5.41) is 15.1. The fourth-order valence-electron chi connectivity index (χ4n) is 2.62. The Morgan fingerprint density at radius 1 is 0.905 bits per heavy atom. The van der Waals surface area contributed by atoms with E-state index in [-0.39, 0.29) is 5.75 Å². The number of aromatic hydroxyl groups is 1. The summed E-state index contributed by atoms with van der Waals surface area (Å²) in [5.41, 5.74) is 5.58. The van der Waals surface area contributed by atoms with Crippen molar-refractivity contribution in [1.29, 1.82) is 0 Å². The standard InChI is InChI=1S/C18H18N2O/c1-12-6-4-8-14(10-12)16-18(21)17(20(3)19-16)15-9-5-7-13(2)11-15/h4-11,21H,1-3H3. The molecule has 2 aromatic carbocycles. The number of aromatic nitrogens is 2. The average Bonchev–Trinajstić information content (AvgIpc) is 2.74. The molecule has 21 heavy (non-hydrogen) atoms. The molecule has 0 fully saturated rings. The molecule has 0 aliphatic carbocycles. The largest absolute Gasteiger partial charge is 0.504 e. The topological polar surface area (TPSA) is 38.0 Å². The van der Waals surface area contributed by atoms with Crippen LogP contribution in [0.3, 0.4) is 0 Å². The molecule has 1 N–H and O–H groups in total. The van der Waals surface area contributed by atoms with Gasteiger partial charge in [0.15, 0.2) is 5.75 Å². The van der Waals surface area contributed by atoms with Crippen molar-refractivity contribution >= 4 is 0 Å². The van der Waals surface area contributed by atoms with Crippen LogP contribution in [0.25, 0.3) is 22.5 Å². The van der Waals surface area contributed by atoms with Gasteiger partial charge in [-0.1, -0.05) is 47.5 Å². The van der Waals surface area contributed by atoms with Gasteiger partial charge in [-0.05, 0) is 26.0 Å². The third-order valence-corrected chi connectivity index (χ3v) is 3.61. The van der Waals surface area contributed by atoms with Crippen LogP contribution in [-0.4, -0.2) is 14.9 Å². The molecule has 0 aliphatic rings. The number of benzene rings is 2. The van der Waals surface area contributed by atoms with E-state index >= 15 is 0 Å². The Morgan fingerprint density at radius 2 is 1.48 bits per heavy atom. The van der Waals surface area contributed by atoms with Gasteiger partial charge in [0.1, 0.15) is 11.4 Å². The molecule has 0 amide bonds. The van der Waals surface area contributed by atoms with Crippen LogP contribution in [0.2, 0.25) is 0 Å². The maximum absolute atomic E-state index is 10.6. The molecular formula is C18H18N2O. The third-order valence-electron chi connectivity index (χ3n) is 3.61. The van der Waals surface area contributed by atoms with E-state index in [4.69, 9.17) is 0 Å². The molecule has 0 unspecified atom stereocenters. The molecule has 3 rings (SSSR count). The summed E-state index contributed by atoms with van der Waals surface area (Å²) in [7, 11) is 1.86. The highest BCUT2D eigenvalue weighted by molar-refractivity contribution is 5.78. The van der Waals surface area contributed by atoms with Gasteiger partial charge in [0.2, 0.25) is 0 Å². The fourth-order valence-corrected chi connectivity index (χ4v) is 2.62. The Balaban J connectivity index is 2.17. The van der Waals surface area contributed by atoms with Crippen molar-refractivity contribution in [2.24, 2.45) is 7.05 Å². The monoisotopic (exact) mass is 278 g/mol. The number of hydrogen-bond donors (Lipinski definition) is 1. The minimum absolute atomic E-state index is 0.230.